The molecule has 4 atom stereocenters. The van der Waals surface area contributed by atoms with Crippen molar-refractivity contribution in [1.29, 1.82) is 0 Å². The second-order valence-corrected chi connectivity index (χ2v) is 6.63. The van der Waals surface area contributed by atoms with Crippen molar-refractivity contribution in [2.24, 2.45) is 0 Å². The van der Waals surface area contributed by atoms with Crippen molar-refractivity contribution in [2.45, 2.75) is 56.4 Å². The van der Waals surface area contributed by atoms with E-state index in [0.717, 1.165) is 0 Å². The molecular formula is C16H22N6O5. The van der Waals surface area contributed by atoms with Gasteiger partial charge in [0.2, 0.25) is 5.91 Å². The van der Waals surface area contributed by atoms with Crippen molar-refractivity contribution in [2.75, 3.05) is 5.73 Å². The van der Waals surface area contributed by atoms with E-state index in [-0.39, 0.29) is 31.0 Å². The maximum Gasteiger partial charge on any atom is 0.303 e. The van der Waals surface area contributed by atoms with Crippen LogP contribution in [0.5, 0.6) is 0 Å². The summed E-state index contributed by atoms with van der Waals surface area (Å²) in [4.78, 5) is 34.7. The summed E-state index contributed by atoms with van der Waals surface area (Å²) in [7, 11) is 0. The van der Waals surface area contributed by atoms with Gasteiger partial charge in [0.25, 0.3) is 0 Å². The number of rotatable bonds is 6. The number of aliphatic hydroxyl groups is 2. The third-order valence-electron chi connectivity index (χ3n) is 4.78. The van der Waals surface area contributed by atoms with E-state index in [2.05, 4.69) is 20.3 Å². The summed E-state index contributed by atoms with van der Waals surface area (Å²) in [6.45, 7) is 0. The topological polar surface area (TPSA) is 176 Å². The average Bonchev–Trinajstić information content (AvgIpc) is 3.03. The fourth-order valence-corrected chi connectivity index (χ4v) is 3.43. The first-order chi connectivity index (χ1) is 12.9. The Kier molecular flexibility index (Phi) is 5.51. The molecule has 1 fully saturated rings. The van der Waals surface area contributed by atoms with E-state index in [1.54, 1.807) is 4.57 Å². The van der Waals surface area contributed by atoms with E-state index in [4.69, 9.17) is 10.8 Å². The number of anilines is 1. The molecule has 1 amide bonds. The second kappa shape index (κ2) is 7.84. The zero-order chi connectivity index (χ0) is 19.6. The highest BCUT2D eigenvalue weighted by Gasteiger charge is 2.40. The molecule has 11 heteroatoms. The zero-order valence-electron chi connectivity index (χ0n) is 14.5. The number of nitrogens with zero attached hydrogens (tertiary/aromatic N) is 4. The van der Waals surface area contributed by atoms with E-state index in [9.17, 15) is 19.8 Å². The first-order valence-electron chi connectivity index (χ1n) is 8.68. The lowest BCUT2D eigenvalue weighted by molar-refractivity contribution is -0.137. The molecule has 11 nitrogen and oxygen atoms in total. The minimum atomic E-state index is -1.08. The predicted molar refractivity (Wildman–Crippen MR) is 93.4 cm³/mol. The largest absolute Gasteiger partial charge is 0.481 e. The van der Waals surface area contributed by atoms with E-state index >= 15 is 0 Å². The molecule has 0 unspecified atom stereocenters. The number of aliphatic hydroxyl groups excluding tert-OH is 2. The number of carboxylic acids is 1. The van der Waals surface area contributed by atoms with Gasteiger partial charge in [-0.1, -0.05) is 0 Å². The number of carboxylic acid groups (broad SMARTS) is 1. The normalized spacial score (nSPS) is 25.4. The van der Waals surface area contributed by atoms with Gasteiger partial charge in [0.15, 0.2) is 11.5 Å². The second-order valence-electron chi connectivity index (χ2n) is 6.63. The number of nitrogens with two attached hydrogens (primary N) is 1. The Morgan fingerprint density at radius 2 is 2.00 bits per heavy atom. The fourth-order valence-electron chi connectivity index (χ4n) is 3.43. The highest BCUT2D eigenvalue weighted by molar-refractivity contribution is 5.81. The number of nitrogens with one attached hydrogen (secondary N) is 1. The smallest absolute Gasteiger partial charge is 0.303 e. The van der Waals surface area contributed by atoms with Gasteiger partial charge in [-0.25, -0.2) is 15.0 Å². The van der Waals surface area contributed by atoms with Crippen LogP contribution >= 0.6 is 0 Å². The molecule has 146 valence electrons. The third-order valence-corrected chi connectivity index (χ3v) is 4.78. The van der Waals surface area contributed by atoms with Gasteiger partial charge in [-0.2, -0.15) is 0 Å². The quantitative estimate of drug-likeness (QED) is 0.431. The number of aromatic nitrogens is 4. The molecule has 3 rings (SSSR count). The number of imidazole rings is 1. The van der Waals surface area contributed by atoms with Crippen LogP contribution in [-0.2, 0) is 9.59 Å². The van der Waals surface area contributed by atoms with Crippen molar-refractivity contribution >= 4 is 28.9 Å². The molecule has 6 N–H and O–H groups in total. The lowest BCUT2D eigenvalue weighted by atomic mass is 9.85. The van der Waals surface area contributed by atoms with Gasteiger partial charge in [0, 0.05) is 12.8 Å². The molecule has 0 saturated heterocycles. The summed E-state index contributed by atoms with van der Waals surface area (Å²) < 4.78 is 1.55. The Bertz CT molecular complexity index is 840. The molecule has 0 radical (unpaired) electrons. The van der Waals surface area contributed by atoms with E-state index in [1.807, 2.05) is 0 Å². The summed E-state index contributed by atoms with van der Waals surface area (Å²) in [5, 5.41) is 32.6. The molecule has 0 aromatic carbocycles. The van der Waals surface area contributed by atoms with Crippen LogP contribution in [0.2, 0.25) is 0 Å². The fraction of sp³-hybridized carbons (Fsp3) is 0.562. The standard InChI is InChI=1S/C16H22N6O5/c17-15-12-16(19-6-18-15)22(7-20-12)13-9(23)5-4-8(14(13)27)21-10(24)2-1-3-11(25)26/h6-9,13-14,23,27H,1-5H2,(H,21,24)(H,25,26)(H2,17,18,19)/t8-,9+,13-,14-/m1/s1. The molecule has 1 aliphatic rings. The summed E-state index contributed by atoms with van der Waals surface area (Å²) in [5.41, 5.74) is 6.54. The van der Waals surface area contributed by atoms with Crippen LogP contribution in [0.15, 0.2) is 12.7 Å². The Morgan fingerprint density at radius 1 is 1.22 bits per heavy atom. The van der Waals surface area contributed by atoms with Crippen LogP contribution < -0.4 is 11.1 Å². The maximum absolute atomic E-state index is 12.0. The van der Waals surface area contributed by atoms with Gasteiger partial charge < -0.3 is 30.9 Å². The van der Waals surface area contributed by atoms with Crippen LogP contribution in [0, 0.1) is 0 Å². The van der Waals surface area contributed by atoms with Gasteiger partial charge in [-0.15, -0.1) is 0 Å². The minimum absolute atomic E-state index is 0.0561. The number of hydrogen-bond acceptors (Lipinski definition) is 8. The number of hydrogen-bond donors (Lipinski definition) is 5. The minimum Gasteiger partial charge on any atom is -0.481 e. The third kappa shape index (κ3) is 3.98. The molecule has 27 heavy (non-hydrogen) atoms. The number of nitrogen functional groups attached to an aromatic ring is 1. The average molecular weight is 378 g/mol. The summed E-state index contributed by atoms with van der Waals surface area (Å²) in [6, 6.07) is -1.34. The number of aliphatic carboxylic acids is 1. The summed E-state index contributed by atoms with van der Waals surface area (Å²) in [6.07, 6.45) is 1.72. The number of carbonyl (C=O) groups excluding carboxylic acids is 1. The van der Waals surface area contributed by atoms with E-state index in [1.165, 1.54) is 12.7 Å². The first-order valence-corrected chi connectivity index (χ1v) is 8.68. The van der Waals surface area contributed by atoms with Gasteiger partial charge >= 0.3 is 5.97 Å². The number of fused-ring (bicyclic) bond motifs is 1. The van der Waals surface area contributed by atoms with Crippen molar-refractivity contribution in [3.8, 4) is 0 Å². The zero-order valence-corrected chi connectivity index (χ0v) is 14.5. The molecule has 0 aliphatic heterocycles. The van der Waals surface area contributed by atoms with Crippen molar-refractivity contribution in [1.82, 2.24) is 24.8 Å². The first kappa shape index (κ1) is 19.0. The molecule has 1 saturated carbocycles. The van der Waals surface area contributed by atoms with Crippen LogP contribution in [0.25, 0.3) is 11.2 Å². The van der Waals surface area contributed by atoms with Gasteiger partial charge in [-0.3, -0.25) is 9.59 Å². The molecular weight excluding hydrogens is 356 g/mol. The van der Waals surface area contributed by atoms with Gasteiger partial charge in [0.05, 0.1) is 30.6 Å². The Morgan fingerprint density at radius 3 is 2.74 bits per heavy atom. The molecule has 0 bridgehead atoms. The molecule has 1 aliphatic carbocycles. The predicted octanol–water partition coefficient (Wildman–Crippen LogP) is -0.795. The Hall–Kier alpha value is -2.79. The molecule has 2 aromatic rings. The van der Waals surface area contributed by atoms with Gasteiger partial charge in [-0.05, 0) is 19.3 Å². The summed E-state index contributed by atoms with van der Waals surface area (Å²) in [5.74, 6) is -1.10. The van der Waals surface area contributed by atoms with Crippen molar-refractivity contribution < 1.29 is 24.9 Å². The molecule has 2 aromatic heterocycles. The van der Waals surface area contributed by atoms with Gasteiger partial charge in [0.1, 0.15) is 11.8 Å². The van der Waals surface area contributed by atoms with Crippen molar-refractivity contribution in [3.05, 3.63) is 12.7 Å². The molecule has 2 heterocycles. The van der Waals surface area contributed by atoms with Crippen LogP contribution in [0.3, 0.4) is 0 Å². The lowest BCUT2D eigenvalue weighted by Crippen LogP contribution is -2.53. The highest BCUT2D eigenvalue weighted by atomic mass is 16.4. The summed E-state index contributed by atoms with van der Waals surface area (Å²) >= 11 is 0. The van der Waals surface area contributed by atoms with E-state index in [0.29, 0.717) is 24.0 Å². The Labute approximate surface area is 154 Å². The van der Waals surface area contributed by atoms with Crippen LogP contribution in [0.4, 0.5) is 5.82 Å². The van der Waals surface area contributed by atoms with Crippen molar-refractivity contribution in [3.63, 3.8) is 0 Å². The highest BCUT2D eigenvalue weighted by Crippen LogP contribution is 2.32. The van der Waals surface area contributed by atoms with Crippen LogP contribution in [0.1, 0.15) is 38.1 Å². The van der Waals surface area contributed by atoms with Crippen LogP contribution in [-0.4, -0.2) is 65.0 Å². The Balaban J connectivity index is 1.74. The monoisotopic (exact) mass is 378 g/mol. The number of carbonyl (C=O) groups is 2. The SMILES string of the molecule is Nc1ncnc2c1ncn2[C@H]1[C@H](O)[C@H](NC(=O)CCCC(=O)O)CC[C@@H]1O. The maximum atomic E-state index is 12.0. The van der Waals surface area contributed by atoms with E-state index < -0.39 is 30.3 Å². The molecule has 0 spiro atoms. The number of amides is 1. The lowest BCUT2D eigenvalue weighted by Gasteiger charge is -2.39.